The van der Waals surface area contributed by atoms with Gasteiger partial charge in [0.15, 0.2) is 17.5 Å². The van der Waals surface area contributed by atoms with Crippen molar-refractivity contribution < 1.29 is 8.78 Å². The molecule has 2 nitrogen and oxygen atoms in total. The van der Waals surface area contributed by atoms with Gasteiger partial charge in [0.25, 0.3) is 0 Å². The molecule has 0 aliphatic carbocycles. The lowest BCUT2D eigenvalue weighted by molar-refractivity contribution is 0.510. The first-order chi connectivity index (χ1) is 9.94. The van der Waals surface area contributed by atoms with E-state index in [2.05, 4.69) is 9.97 Å². The lowest BCUT2D eigenvalue weighted by atomic mass is 10.1. The van der Waals surface area contributed by atoms with E-state index in [0.29, 0.717) is 16.4 Å². The number of aromatic nitrogens is 2. The van der Waals surface area contributed by atoms with Crippen LogP contribution in [0.4, 0.5) is 8.78 Å². The summed E-state index contributed by atoms with van der Waals surface area (Å²) >= 11 is 12.0. The summed E-state index contributed by atoms with van der Waals surface area (Å²) in [6.07, 6.45) is 0. The Morgan fingerprint density at radius 1 is 0.905 bits per heavy atom. The topological polar surface area (TPSA) is 25.8 Å². The van der Waals surface area contributed by atoms with E-state index in [1.807, 2.05) is 13.0 Å². The Morgan fingerprint density at radius 3 is 2.33 bits per heavy atom. The second-order valence-corrected chi connectivity index (χ2v) is 5.43. The molecule has 21 heavy (non-hydrogen) atoms. The number of rotatable bonds is 1. The first kappa shape index (κ1) is 14.2. The van der Waals surface area contributed by atoms with Crippen molar-refractivity contribution in [2.24, 2.45) is 0 Å². The van der Waals surface area contributed by atoms with Crippen LogP contribution in [-0.4, -0.2) is 9.97 Å². The van der Waals surface area contributed by atoms with E-state index in [1.165, 1.54) is 0 Å². The van der Waals surface area contributed by atoms with Gasteiger partial charge in [0, 0.05) is 22.0 Å². The summed E-state index contributed by atoms with van der Waals surface area (Å²) in [5.74, 6) is -1.66. The molecule has 0 saturated carbocycles. The molecule has 0 fully saturated rings. The number of aryl methyl sites for hydroxylation is 1. The summed E-state index contributed by atoms with van der Waals surface area (Å²) in [4.78, 5) is 8.36. The summed E-state index contributed by atoms with van der Waals surface area (Å²) in [5.41, 5.74) is 1.83. The fourth-order valence-electron chi connectivity index (χ4n) is 2.08. The lowest BCUT2D eigenvalue weighted by Gasteiger charge is -2.06. The van der Waals surface area contributed by atoms with Crippen LogP contribution < -0.4 is 0 Å². The molecule has 0 bridgehead atoms. The quantitative estimate of drug-likeness (QED) is 0.575. The van der Waals surface area contributed by atoms with Crippen molar-refractivity contribution in [3.8, 4) is 11.4 Å². The minimum Gasteiger partial charge on any atom is -0.228 e. The van der Waals surface area contributed by atoms with E-state index in [0.717, 1.165) is 17.7 Å². The third-order valence-electron chi connectivity index (χ3n) is 2.99. The molecule has 0 unspecified atom stereocenters. The highest BCUT2D eigenvalue weighted by molar-refractivity contribution is 6.34. The molecule has 2 aromatic carbocycles. The predicted octanol–water partition coefficient (Wildman–Crippen LogP) is 5.19. The fraction of sp³-hybridized carbons (Fsp3) is 0.0667. The van der Waals surface area contributed by atoms with E-state index in [9.17, 15) is 8.78 Å². The van der Waals surface area contributed by atoms with Crippen molar-refractivity contribution in [2.75, 3.05) is 0 Å². The van der Waals surface area contributed by atoms with Gasteiger partial charge in [-0.2, -0.15) is 0 Å². The minimum atomic E-state index is -0.987. The Hall–Kier alpha value is -1.78. The molecule has 0 aliphatic rings. The van der Waals surface area contributed by atoms with Crippen LogP contribution in [0.15, 0.2) is 30.3 Å². The minimum absolute atomic E-state index is 0.0616. The Labute approximate surface area is 129 Å². The Morgan fingerprint density at radius 2 is 1.62 bits per heavy atom. The summed E-state index contributed by atoms with van der Waals surface area (Å²) in [6, 6.07) is 7.30. The maximum absolute atomic E-state index is 13.3. The molecule has 3 rings (SSSR count). The van der Waals surface area contributed by atoms with Gasteiger partial charge in [0.05, 0.1) is 5.52 Å². The third kappa shape index (κ3) is 2.69. The molecular weight excluding hydrogens is 317 g/mol. The zero-order valence-corrected chi connectivity index (χ0v) is 12.3. The summed E-state index contributed by atoms with van der Waals surface area (Å²) < 4.78 is 26.6. The van der Waals surface area contributed by atoms with Gasteiger partial charge in [-0.05, 0) is 36.8 Å². The number of hydrogen-bond acceptors (Lipinski definition) is 2. The van der Waals surface area contributed by atoms with Crippen molar-refractivity contribution in [1.82, 2.24) is 9.97 Å². The van der Waals surface area contributed by atoms with Crippen LogP contribution in [0.2, 0.25) is 10.2 Å². The Bertz CT molecular complexity index is 846. The lowest BCUT2D eigenvalue weighted by Crippen LogP contribution is -1.95. The largest absolute Gasteiger partial charge is 0.228 e. The highest BCUT2D eigenvalue weighted by Gasteiger charge is 2.12. The molecule has 1 heterocycles. The van der Waals surface area contributed by atoms with Crippen LogP contribution in [-0.2, 0) is 0 Å². The zero-order chi connectivity index (χ0) is 15.1. The molecule has 0 spiro atoms. The van der Waals surface area contributed by atoms with E-state index >= 15 is 0 Å². The molecule has 0 saturated heterocycles. The Balaban J connectivity index is 2.27. The SMILES string of the molecule is Cc1cc(Cl)cc(-c2nc(Cl)c3cc(F)c(F)cc3n2)c1. The average Bonchev–Trinajstić information content (AvgIpc) is 2.40. The fourth-order valence-corrected chi connectivity index (χ4v) is 2.60. The average molecular weight is 325 g/mol. The van der Waals surface area contributed by atoms with Crippen molar-refractivity contribution >= 4 is 34.1 Å². The van der Waals surface area contributed by atoms with Crippen LogP contribution in [0, 0.1) is 18.6 Å². The molecule has 106 valence electrons. The smallest absolute Gasteiger partial charge is 0.161 e. The van der Waals surface area contributed by atoms with E-state index in [1.54, 1.807) is 12.1 Å². The van der Waals surface area contributed by atoms with Crippen LogP contribution in [0.3, 0.4) is 0 Å². The molecule has 0 amide bonds. The normalized spacial score (nSPS) is 11.1. The van der Waals surface area contributed by atoms with E-state index in [-0.39, 0.29) is 16.1 Å². The monoisotopic (exact) mass is 324 g/mol. The van der Waals surface area contributed by atoms with Gasteiger partial charge < -0.3 is 0 Å². The second kappa shape index (κ2) is 5.20. The van der Waals surface area contributed by atoms with Gasteiger partial charge in [-0.15, -0.1) is 0 Å². The number of benzene rings is 2. The van der Waals surface area contributed by atoms with Crippen LogP contribution in [0.1, 0.15) is 5.56 Å². The highest BCUT2D eigenvalue weighted by Crippen LogP contribution is 2.28. The van der Waals surface area contributed by atoms with Gasteiger partial charge in [-0.1, -0.05) is 23.2 Å². The summed E-state index contributed by atoms with van der Waals surface area (Å²) in [5, 5.41) is 0.861. The molecule has 0 atom stereocenters. The van der Waals surface area contributed by atoms with Crippen LogP contribution >= 0.6 is 23.2 Å². The third-order valence-corrected chi connectivity index (χ3v) is 3.50. The molecule has 1 aromatic heterocycles. The number of nitrogens with zero attached hydrogens (tertiary/aromatic N) is 2. The van der Waals surface area contributed by atoms with Crippen molar-refractivity contribution in [1.29, 1.82) is 0 Å². The van der Waals surface area contributed by atoms with Gasteiger partial charge in [-0.25, -0.2) is 18.7 Å². The van der Waals surface area contributed by atoms with Crippen molar-refractivity contribution in [3.63, 3.8) is 0 Å². The molecule has 0 aliphatic heterocycles. The van der Waals surface area contributed by atoms with Gasteiger partial charge in [-0.3, -0.25) is 0 Å². The summed E-state index contributed by atoms with van der Waals surface area (Å²) in [7, 11) is 0. The van der Waals surface area contributed by atoms with E-state index in [4.69, 9.17) is 23.2 Å². The van der Waals surface area contributed by atoms with Crippen molar-refractivity contribution in [3.05, 3.63) is 57.7 Å². The first-order valence-electron chi connectivity index (χ1n) is 6.04. The van der Waals surface area contributed by atoms with Crippen LogP contribution in [0.25, 0.3) is 22.3 Å². The second-order valence-electron chi connectivity index (χ2n) is 4.64. The number of halogens is 4. The highest BCUT2D eigenvalue weighted by atomic mass is 35.5. The molecular formula is C15H8Cl2F2N2. The van der Waals surface area contributed by atoms with Gasteiger partial charge in [0.1, 0.15) is 5.15 Å². The maximum atomic E-state index is 13.3. The van der Waals surface area contributed by atoms with Gasteiger partial charge >= 0.3 is 0 Å². The molecule has 0 radical (unpaired) electrons. The number of fused-ring (bicyclic) bond motifs is 1. The van der Waals surface area contributed by atoms with E-state index < -0.39 is 11.6 Å². The molecule has 0 N–H and O–H groups in total. The van der Waals surface area contributed by atoms with Gasteiger partial charge in [0.2, 0.25) is 0 Å². The maximum Gasteiger partial charge on any atom is 0.161 e. The standard InChI is InChI=1S/C15H8Cl2F2N2/c1-7-2-8(4-9(16)3-7)15-20-13-6-12(19)11(18)5-10(13)14(17)21-15/h2-6H,1H3. The van der Waals surface area contributed by atoms with Crippen LogP contribution in [0.5, 0.6) is 0 Å². The summed E-state index contributed by atoms with van der Waals surface area (Å²) in [6.45, 7) is 1.88. The predicted molar refractivity (Wildman–Crippen MR) is 79.6 cm³/mol. The van der Waals surface area contributed by atoms with Crippen molar-refractivity contribution in [2.45, 2.75) is 6.92 Å². The first-order valence-corrected chi connectivity index (χ1v) is 6.79. The molecule has 6 heteroatoms. The Kier molecular flexibility index (Phi) is 3.51. The zero-order valence-electron chi connectivity index (χ0n) is 10.8. The molecule has 3 aromatic rings. The number of hydrogen-bond donors (Lipinski definition) is 0.